The minimum Gasteiger partial charge on any atom is -0.481 e. The fraction of sp³-hybridized carbons (Fsp3) is 0.500. The summed E-state index contributed by atoms with van der Waals surface area (Å²) in [6.07, 6.45) is 0.285. The van der Waals surface area contributed by atoms with Crippen molar-refractivity contribution >= 4 is 29.5 Å². The Morgan fingerprint density at radius 2 is 1.48 bits per heavy atom. The minimum atomic E-state index is -1.08. The molecule has 2 N–H and O–H groups in total. The van der Waals surface area contributed by atoms with Crippen molar-refractivity contribution < 1.29 is 38.5 Å². The van der Waals surface area contributed by atoms with Crippen LogP contribution in [0.4, 0.5) is 5.69 Å². The first-order chi connectivity index (χ1) is 13.8. The Balaban J connectivity index is 1.87. The average molecular weight is 405 g/mol. The predicted octanol–water partition coefficient (Wildman–Crippen LogP) is 1.86. The Hall–Kier alpha value is -2.94. The maximum Gasteiger partial charge on any atom is 0.338 e. The Kier molecular flexibility index (Phi) is 6.17. The number of amides is 1. The Morgan fingerprint density at radius 1 is 0.966 bits per heavy atom. The van der Waals surface area contributed by atoms with Gasteiger partial charge in [0.15, 0.2) is 0 Å². The third-order valence-corrected chi connectivity index (χ3v) is 5.08. The van der Waals surface area contributed by atoms with Crippen molar-refractivity contribution in [2.75, 3.05) is 18.5 Å². The summed E-state index contributed by atoms with van der Waals surface area (Å²) >= 11 is 0. The molecule has 0 aromatic heterocycles. The highest BCUT2D eigenvalue weighted by atomic mass is 16.5. The van der Waals surface area contributed by atoms with Crippen LogP contribution in [-0.4, -0.2) is 54.3 Å². The molecule has 1 aromatic rings. The van der Waals surface area contributed by atoms with Crippen molar-refractivity contribution in [2.45, 2.75) is 38.9 Å². The molecule has 9 nitrogen and oxygen atoms in total. The third kappa shape index (κ3) is 4.24. The summed E-state index contributed by atoms with van der Waals surface area (Å²) in [5.41, 5.74) is 0.328. The molecule has 0 radical (unpaired) electrons. The second kappa shape index (κ2) is 8.60. The first-order valence-electron chi connectivity index (χ1n) is 9.54. The van der Waals surface area contributed by atoms with E-state index in [1.807, 2.05) is 0 Å². The van der Waals surface area contributed by atoms with Crippen molar-refractivity contribution in [3.63, 3.8) is 0 Å². The zero-order chi connectivity index (χ0) is 21.1. The molecule has 2 aliphatic rings. The van der Waals surface area contributed by atoms with Gasteiger partial charge in [-0.25, -0.2) is 9.59 Å². The smallest absolute Gasteiger partial charge is 0.338 e. The van der Waals surface area contributed by atoms with Crippen LogP contribution in [0.2, 0.25) is 0 Å². The van der Waals surface area contributed by atoms with Crippen LogP contribution in [-0.2, 0) is 23.8 Å². The van der Waals surface area contributed by atoms with E-state index in [9.17, 15) is 24.3 Å². The Labute approximate surface area is 167 Å². The number of aliphatic carboxylic acids is 1. The number of hydrogen-bond acceptors (Lipinski definition) is 7. The van der Waals surface area contributed by atoms with Gasteiger partial charge < -0.3 is 24.6 Å². The van der Waals surface area contributed by atoms with Gasteiger partial charge in [-0.2, -0.15) is 0 Å². The molecule has 156 valence electrons. The molecule has 2 aliphatic heterocycles. The number of nitrogens with one attached hydrogen (secondary N) is 1. The lowest BCUT2D eigenvalue weighted by Crippen LogP contribution is -2.41. The lowest BCUT2D eigenvalue weighted by atomic mass is 9.78. The molecule has 0 saturated carbocycles. The van der Waals surface area contributed by atoms with Gasteiger partial charge in [0.2, 0.25) is 5.91 Å². The number of esters is 2. The minimum absolute atomic E-state index is 0.0756. The third-order valence-electron chi connectivity index (χ3n) is 5.08. The monoisotopic (exact) mass is 405 g/mol. The van der Waals surface area contributed by atoms with E-state index in [1.54, 1.807) is 13.8 Å². The molecule has 0 spiro atoms. The standard InChI is InChI=1S/C20H23NO8/c1-3-27-19(25)10-7-11(20(26)28-4-2)9-12(8-10)21-17(22)15-13-5-6-14(29-13)16(15)18(23)24/h7-9,13-16H,3-6H2,1-2H3,(H,21,22)(H,23,24)/t13-,14+,15+,16-/m0/s1. The fourth-order valence-corrected chi connectivity index (χ4v) is 3.91. The normalized spacial score (nSPS) is 24.8. The zero-order valence-corrected chi connectivity index (χ0v) is 16.2. The van der Waals surface area contributed by atoms with E-state index in [4.69, 9.17) is 14.2 Å². The van der Waals surface area contributed by atoms with Crippen LogP contribution in [0.3, 0.4) is 0 Å². The van der Waals surface area contributed by atoms with Gasteiger partial charge in [-0.15, -0.1) is 0 Å². The first kappa shape index (κ1) is 20.8. The molecular formula is C20H23NO8. The SMILES string of the molecule is CCOC(=O)c1cc(NC(=O)[C@H]2[C@@H](C(=O)O)[C@H]3CC[C@@H]2O3)cc(C(=O)OCC)c1. The highest BCUT2D eigenvalue weighted by molar-refractivity contribution is 6.01. The number of benzene rings is 1. The van der Waals surface area contributed by atoms with E-state index >= 15 is 0 Å². The molecule has 1 aromatic carbocycles. The number of carbonyl (C=O) groups is 4. The van der Waals surface area contributed by atoms with E-state index < -0.39 is 47.9 Å². The number of rotatable bonds is 7. The van der Waals surface area contributed by atoms with Crippen molar-refractivity contribution in [1.82, 2.24) is 0 Å². The molecule has 4 atom stereocenters. The molecule has 0 aliphatic carbocycles. The maximum atomic E-state index is 12.8. The summed E-state index contributed by atoms with van der Waals surface area (Å²) < 4.78 is 15.6. The van der Waals surface area contributed by atoms with Gasteiger partial charge in [-0.1, -0.05) is 0 Å². The number of carboxylic acids is 1. The van der Waals surface area contributed by atoms with Gasteiger partial charge in [-0.05, 0) is 44.9 Å². The van der Waals surface area contributed by atoms with Crippen molar-refractivity contribution in [2.24, 2.45) is 11.8 Å². The fourth-order valence-electron chi connectivity index (χ4n) is 3.91. The molecule has 0 unspecified atom stereocenters. The van der Waals surface area contributed by atoms with Crippen LogP contribution in [0.5, 0.6) is 0 Å². The maximum absolute atomic E-state index is 12.8. The van der Waals surface area contributed by atoms with Gasteiger partial charge in [-0.3, -0.25) is 9.59 Å². The average Bonchev–Trinajstić information content (AvgIpc) is 3.29. The quantitative estimate of drug-likeness (QED) is 0.658. The molecule has 2 heterocycles. The van der Waals surface area contributed by atoms with E-state index in [2.05, 4.69) is 5.32 Å². The molecule has 2 fully saturated rings. The summed E-state index contributed by atoms with van der Waals surface area (Å²) in [4.78, 5) is 48.7. The lowest BCUT2D eigenvalue weighted by Gasteiger charge is -2.24. The predicted molar refractivity (Wildman–Crippen MR) is 99.5 cm³/mol. The second-order valence-electron chi connectivity index (χ2n) is 6.91. The Morgan fingerprint density at radius 3 is 1.97 bits per heavy atom. The van der Waals surface area contributed by atoms with E-state index in [1.165, 1.54) is 18.2 Å². The lowest BCUT2D eigenvalue weighted by molar-refractivity contribution is -0.147. The topological polar surface area (TPSA) is 128 Å². The first-order valence-corrected chi connectivity index (χ1v) is 9.54. The Bertz CT molecular complexity index is 800. The molecule has 9 heteroatoms. The number of hydrogen-bond donors (Lipinski definition) is 2. The van der Waals surface area contributed by atoms with Gasteiger partial charge in [0.25, 0.3) is 0 Å². The van der Waals surface area contributed by atoms with Gasteiger partial charge in [0.05, 0.1) is 48.4 Å². The van der Waals surface area contributed by atoms with Crippen LogP contribution in [0, 0.1) is 11.8 Å². The number of fused-ring (bicyclic) bond motifs is 2. The number of anilines is 1. The van der Waals surface area contributed by atoms with E-state index in [0.717, 1.165) is 0 Å². The summed E-state index contributed by atoms with van der Waals surface area (Å²) in [5.74, 6) is -4.68. The summed E-state index contributed by atoms with van der Waals surface area (Å²) in [6, 6.07) is 4.08. The van der Waals surface area contributed by atoms with Crippen molar-refractivity contribution in [3.8, 4) is 0 Å². The number of carboxylic acid groups (broad SMARTS) is 1. The van der Waals surface area contributed by atoms with Crippen molar-refractivity contribution in [1.29, 1.82) is 0 Å². The molecule has 2 bridgehead atoms. The van der Waals surface area contributed by atoms with Gasteiger partial charge in [0, 0.05) is 5.69 Å². The molecule has 1 amide bonds. The van der Waals surface area contributed by atoms with E-state index in [-0.39, 0.29) is 30.0 Å². The summed E-state index contributed by atoms with van der Waals surface area (Å²) in [6.45, 7) is 3.59. The molecule has 29 heavy (non-hydrogen) atoms. The van der Waals surface area contributed by atoms with Gasteiger partial charge in [0.1, 0.15) is 0 Å². The summed E-state index contributed by atoms with van der Waals surface area (Å²) in [7, 11) is 0. The van der Waals surface area contributed by atoms with Crippen LogP contribution >= 0.6 is 0 Å². The van der Waals surface area contributed by atoms with Gasteiger partial charge >= 0.3 is 17.9 Å². The van der Waals surface area contributed by atoms with Crippen LogP contribution in [0.15, 0.2) is 18.2 Å². The van der Waals surface area contributed by atoms with Crippen LogP contribution in [0.25, 0.3) is 0 Å². The highest BCUT2D eigenvalue weighted by Gasteiger charge is 2.55. The molecule has 3 rings (SSSR count). The van der Waals surface area contributed by atoms with Crippen molar-refractivity contribution in [3.05, 3.63) is 29.3 Å². The van der Waals surface area contributed by atoms with Crippen LogP contribution in [0.1, 0.15) is 47.4 Å². The van der Waals surface area contributed by atoms with E-state index in [0.29, 0.717) is 12.8 Å². The highest BCUT2D eigenvalue weighted by Crippen LogP contribution is 2.44. The zero-order valence-electron chi connectivity index (χ0n) is 16.2. The number of carbonyl (C=O) groups excluding carboxylic acids is 3. The summed E-state index contributed by atoms with van der Waals surface area (Å²) in [5, 5.41) is 12.1. The second-order valence-corrected chi connectivity index (χ2v) is 6.91. The largest absolute Gasteiger partial charge is 0.481 e. The number of ether oxygens (including phenoxy) is 3. The molecular weight excluding hydrogens is 382 g/mol. The van der Waals surface area contributed by atoms with Crippen LogP contribution < -0.4 is 5.32 Å². The molecule has 2 saturated heterocycles.